The van der Waals surface area contributed by atoms with Gasteiger partial charge in [-0.25, -0.2) is 0 Å². The molecule has 156 valence electrons. The molecule has 3 rings (SSSR count). The van der Waals surface area contributed by atoms with Gasteiger partial charge in [0.15, 0.2) is 12.4 Å². The van der Waals surface area contributed by atoms with Gasteiger partial charge in [0.25, 0.3) is 5.91 Å². The van der Waals surface area contributed by atoms with Crippen molar-refractivity contribution in [2.75, 3.05) is 20.3 Å². The fourth-order valence-electron chi connectivity index (χ4n) is 3.12. The van der Waals surface area contributed by atoms with Gasteiger partial charge in [-0.1, -0.05) is 30.3 Å². The van der Waals surface area contributed by atoms with E-state index in [2.05, 4.69) is 5.43 Å². The van der Waals surface area contributed by atoms with E-state index in [-0.39, 0.29) is 18.7 Å². The van der Waals surface area contributed by atoms with Crippen LogP contribution in [0.2, 0.25) is 0 Å². The van der Waals surface area contributed by atoms with Crippen molar-refractivity contribution in [2.24, 2.45) is 5.92 Å². The van der Waals surface area contributed by atoms with Crippen LogP contribution in [0.5, 0.6) is 5.75 Å². The van der Waals surface area contributed by atoms with Gasteiger partial charge < -0.3 is 9.47 Å². The lowest BCUT2D eigenvalue weighted by Gasteiger charge is -2.18. The minimum absolute atomic E-state index is 0.0113. The third-order valence-corrected chi connectivity index (χ3v) is 4.82. The highest BCUT2D eigenvalue weighted by atomic mass is 16.5. The van der Waals surface area contributed by atoms with Gasteiger partial charge in [-0.15, -0.1) is 0 Å². The Balaban J connectivity index is 1.54. The number of aryl methyl sites for hydroxylation is 1. The zero-order chi connectivity index (χ0) is 21.7. The summed E-state index contributed by atoms with van der Waals surface area (Å²) in [6.07, 6.45) is -0.0970. The predicted octanol–water partition coefficient (Wildman–Crippen LogP) is 1.92. The minimum Gasteiger partial charge on any atom is -0.497 e. The number of Topliss-reactive ketones (excluding diaryl/α,β-unsaturated/α-hetero) is 1. The molecule has 0 radical (unpaired) electrons. The monoisotopic (exact) mass is 410 g/mol. The summed E-state index contributed by atoms with van der Waals surface area (Å²) in [7, 11) is 1.49. The smallest absolute Gasteiger partial charge is 0.311 e. The van der Waals surface area contributed by atoms with E-state index in [1.165, 1.54) is 7.11 Å². The normalized spacial score (nSPS) is 15.6. The fourth-order valence-corrected chi connectivity index (χ4v) is 3.12. The number of ether oxygens (including phenoxy) is 2. The van der Waals surface area contributed by atoms with Gasteiger partial charge in [-0.05, 0) is 30.7 Å². The molecule has 2 amide bonds. The second-order valence-electron chi connectivity index (χ2n) is 6.92. The highest BCUT2D eigenvalue weighted by molar-refractivity contribution is 5.99. The van der Waals surface area contributed by atoms with E-state index in [4.69, 9.17) is 9.47 Å². The van der Waals surface area contributed by atoms with Crippen molar-refractivity contribution in [3.05, 3.63) is 65.2 Å². The summed E-state index contributed by atoms with van der Waals surface area (Å²) in [5.41, 5.74) is 4.10. The molecule has 0 aromatic heterocycles. The van der Waals surface area contributed by atoms with Gasteiger partial charge in [0.1, 0.15) is 5.75 Å². The number of carbonyl (C=O) groups excluding carboxylic acids is 4. The number of ketones is 1. The first-order valence-electron chi connectivity index (χ1n) is 9.40. The Labute approximate surface area is 173 Å². The van der Waals surface area contributed by atoms with Crippen molar-refractivity contribution in [2.45, 2.75) is 13.3 Å². The number of hydrogen-bond donors (Lipinski definition) is 1. The number of methoxy groups -OCH3 is 1. The van der Waals surface area contributed by atoms with E-state index in [1.54, 1.807) is 49.4 Å². The quantitative estimate of drug-likeness (QED) is 0.553. The molecule has 8 nitrogen and oxygen atoms in total. The van der Waals surface area contributed by atoms with Crippen LogP contribution in [0.1, 0.15) is 32.7 Å². The average molecular weight is 410 g/mol. The van der Waals surface area contributed by atoms with Crippen LogP contribution in [0.15, 0.2) is 48.5 Å². The van der Waals surface area contributed by atoms with Crippen LogP contribution in [0.3, 0.4) is 0 Å². The lowest BCUT2D eigenvalue weighted by Crippen LogP contribution is -2.43. The van der Waals surface area contributed by atoms with Crippen LogP contribution in [0.4, 0.5) is 0 Å². The minimum atomic E-state index is -0.757. The molecular formula is C22H22N2O6. The van der Waals surface area contributed by atoms with Crippen LogP contribution in [-0.2, 0) is 14.3 Å². The second-order valence-corrected chi connectivity index (χ2v) is 6.92. The molecule has 1 saturated heterocycles. The lowest BCUT2D eigenvalue weighted by molar-refractivity contribution is -0.147. The number of benzene rings is 2. The molecular weight excluding hydrogens is 388 g/mol. The topological polar surface area (TPSA) is 102 Å². The maximum Gasteiger partial charge on any atom is 0.311 e. The molecule has 0 unspecified atom stereocenters. The molecule has 1 atom stereocenters. The van der Waals surface area contributed by atoms with Crippen molar-refractivity contribution in [1.29, 1.82) is 0 Å². The van der Waals surface area contributed by atoms with Crippen LogP contribution in [0, 0.1) is 12.8 Å². The number of nitrogens with one attached hydrogen (secondary N) is 1. The van der Waals surface area contributed by atoms with Gasteiger partial charge in [-0.3, -0.25) is 29.6 Å². The number of hydrogen-bond acceptors (Lipinski definition) is 6. The second kappa shape index (κ2) is 9.21. The Morgan fingerprint density at radius 3 is 2.63 bits per heavy atom. The SMILES string of the molecule is COc1cccc(C(=O)COC(=O)[C@H]2CC(=O)N(NC(=O)c3ccccc3C)C2)c1. The van der Waals surface area contributed by atoms with Crippen LogP contribution in [-0.4, -0.2) is 48.8 Å². The third-order valence-electron chi connectivity index (χ3n) is 4.82. The number of rotatable bonds is 7. The van der Waals surface area contributed by atoms with Crippen molar-refractivity contribution in [3.8, 4) is 5.75 Å². The van der Waals surface area contributed by atoms with Gasteiger partial charge >= 0.3 is 5.97 Å². The summed E-state index contributed by atoms with van der Waals surface area (Å²) < 4.78 is 10.2. The first kappa shape index (κ1) is 21.0. The van der Waals surface area contributed by atoms with Crippen molar-refractivity contribution >= 4 is 23.6 Å². The Bertz CT molecular complexity index is 987. The molecule has 8 heteroatoms. The first-order valence-corrected chi connectivity index (χ1v) is 9.40. The Kier molecular flexibility index (Phi) is 6.46. The van der Waals surface area contributed by atoms with E-state index >= 15 is 0 Å². The van der Waals surface area contributed by atoms with Gasteiger partial charge in [0, 0.05) is 17.5 Å². The van der Waals surface area contributed by atoms with E-state index in [9.17, 15) is 19.2 Å². The molecule has 0 aliphatic carbocycles. The molecule has 1 aliphatic rings. The number of amides is 2. The standard InChI is InChI=1S/C22H22N2O6/c1-14-6-3-4-9-18(14)21(27)23-24-12-16(11-20(24)26)22(28)30-13-19(25)15-7-5-8-17(10-15)29-2/h3-10,16H,11-13H2,1-2H3,(H,23,27)/t16-/m0/s1. The van der Waals surface area contributed by atoms with Gasteiger partial charge in [-0.2, -0.15) is 0 Å². The molecule has 0 spiro atoms. The third kappa shape index (κ3) is 4.83. The molecule has 0 bridgehead atoms. The van der Waals surface area contributed by atoms with Crippen molar-refractivity contribution in [3.63, 3.8) is 0 Å². The lowest BCUT2D eigenvalue weighted by atomic mass is 10.1. The van der Waals surface area contributed by atoms with Crippen LogP contribution >= 0.6 is 0 Å². The van der Waals surface area contributed by atoms with Gasteiger partial charge in [0.2, 0.25) is 5.91 Å². The molecule has 1 heterocycles. The van der Waals surface area contributed by atoms with E-state index in [0.717, 1.165) is 10.6 Å². The Hall–Kier alpha value is -3.68. The molecule has 2 aromatic carbocycles. The van der Waals surface area contributed by atoms with Crippen molar-refractivity contribution in [1.82, 2.24) is 10.4 Å². The van der Waals surface area contributed by atoms with Gasteiger partial charge in [0.05, 0.1) is 19.6 Å². The van der Waals surface area contributed by atoms with Crippen LogP contribution in [0.25, 0.3) is 0 Å². The van der Waals surface area contributed by atoms with Crippen molar-refractivity contribution < 1.29 is 28.7 Å². The summed E-state index contributed by atoms with van der Waals surface area (Å²) in [6.45, 7) is 1.34. The number of hydrazine groups is 1. The highest BCUT2D eigenvalue weighted by Crippen LogP contribution is 2.19. The molecule has 0 saturated carbocycles. The van der Waals surface area contributed by atoms with E-state index < -0.39 is 30.3 Å². The zero-order valence-corrected chi connectivity index (χ0v) is 16.7. The van der Waals surface area contributed by atoms with E-state index in [0.29, 0.717) is 16.9 Å². The molecule has 2 aromatic rings. The summed E-state index contributed by atoms with van der Waals surface area (Å²) in [6, 6.07) is 13.5. The number of esters is 1. The summed E-state index contributed by atoms with van der Waals surface area (Å²) in [4.78, 5) is 49.1. The summed E-state index contributed by atoms with van der Waals surface area (Å²) in [5.74, 6) is -2.09. The summed E-state index contributed by atoms with van der Waals surface area (Å²) in [5, 5.41) is 1.12. The molecule has 1 aliphatic heterocycles. The number of nitrogens with zero attached hydrogens (tertiary/aromatic N) is 1. The first-order chi connectivity index (χ1) is 14.4. The Morgan fingerprint density at radius 1 is 1.13 bits per heavy atom. The predicted molar refractivity (Wildman–Crippen MR) is 107 cm³/mol. The molecule has 30 heavy (non-hydrogen) atoms. The van der Waals surface area contributed by atoms with E-state index in [1.807, 2.05) is 6.07 Å². The number of carbonyl (C=O) groups is 4. The average Bonchev–Trinajstić information content (AvgIpc) is 3.12. The van der Waals surface area contributed by atoms with Crippen LogP contribution < -0.4 is 10.2 Å². The fraction of sp³-hybridized carbons (Fsp3) is 0.273. The maximum atomic E-state index is 12.4. The molecule has 1 fully saturated rings. The maximum absolute atomic E-state index is 12.4. The zero-order valence-electron chi connectivity index (χ0n) is 16.7. The highest BCUT2D eigenvalue weighted by Gasteiger charge is 2.36. The molecule has 1 N–H and O–H groups in total. The summed E-state index contributed by atoms with van der Waals surface area (Å²) >= 11 is 0. The Morgan fingerprint density at radius 2 is 1.90 bits per heavy atom. The largest absolute Gasteiger partial charge is 0.497 e.